The Morgan fingerprint density at radius 1 is 1.29 bits per heavy atom. The third kappa shape index (κ3) is 4.98. The maximum absolute atomic E-state index is 12.7. The number of ether oxygens (including phenoxy) is 1. The van der Waals surface area contributed by atoms with Crippen LogP contribution in [0.25, 0.3) is 0 Å². The summed E-state index contributed by atoms with van der Waals surface area (Å²) in [5.74, 6) is -0.708. The molecule has 17 heavy (non-hydrogen) atoms. The van der Waals surface area contributed by atoms with E-state index in [1.165, 1.54) is 12.1 Å². The van der Waals surface area contributed by atoms with E-state index in [2.05, 4.69) is 0 Å². The van der Waals surface area contributed by atoms with Crippen molar-refractivity contribution in [3.8, 4) is 0 Å². The van der Waals surface area contributed by atoms with Crippen molar-refractivity contribution < 1.29 is 13.9 Å². The normalized spacial score (nSPS) is 13.2. The molecule has 1 atom stereocenters. The van der Waals surface area contributed by atoms with Crippen molar-refractivity contribution in [1.29, 1.82) is 0 Å². The average Bonchev–Trinajstić information content (AvgIpc) is 2.19. The van der Waals surface area contributed by atoms with Gasteiger partial charge in [-0.15, -0.1) is 0 Å². The zero-order valence-corrected chi connectivity index (χ0v) is 10.8. The molecule has 0 aliphatic heterocycles. The van der Waals surface area contributed by atoms with E-state index in [4.69, 9.17) is 4.74 Å². The second kappa shape index (κ2) is 5.30. The van der Waals surface area contributed by atoms with Gasteiger partial charge in [0.1, 0.15) is 11.4 Å². The largest absolute Gasteiger partial charge is 0.460 e. The van der Waals surface area contributed by atoms with Gasteiger partial charge in [0.15, 0.2) is 0 Å². The van der Waals surface area contributed by atoms with Gasteiger partial charge >= 0.3 is 5.97 Å². The average molecular weight is 238 g/mol. The van der Waals surface area contributed by atoms with E-state index in [1.54, 1.807) is 12.1 Å². The van der Waals surface area contributed by atoms with Crippen LogP contribution < -0.4 is 0 Å². The van der Waals surface area contributed by atoms with Crippen LogP contribution in [0.5, 0.6) is 0 Å². The molecule has 0 aromatic heterocycles. The summed E-state index contributed by atoms with van der Waals surface area (Å²) in [5.41, 5.74) is 0.471. The number of benzene rings is 1. The van der Waals surface area contributed by atoms with Crippen LogP contribution in [-0.2, 0) is 16.0 Å². The number of carbonyl (C=O) groups is 1. The predicted octanol–water partition coefficient (Wildman–Crippen LogP) is 3.35. The van der Waals surface area contributed by atoms with Gasteiger partial charge in [-0.05, 0) is 44.9 Å². The molecule has 0 saturated carbocycles. The van der Waals surface area contributed by atoms with E-state index in [9.17, 15) is 9.18 Å². The lowest BCUT2D eigenvalue weighted by Crippen LogP contribution is -2.28. The lowest BCUT2D eigenvalue weighted by molar-refractivity contribution is -0.159. The van der Waals surface area contributed by atoms with Gasteiger partial charge in [-0.2, -0.15) is 0 Å². The van der Waals surface area contributed by atoms with Crippen molar-refractivity contribution in [3.05, 3.63) is 35.6 Å². The highest BCUT2D eigenvalue weighted by Crippen LogP contribution is 2.15. The molecule has 3 heteroatoms. The van der Waals surface area contributed by atoms with Crippen LogP contribution in [0.1, 0.15) is 33.3 Å². The number of rotatable bonds is 3. The molecular weight excluding hydrogens is 219 g/mol. The monoisotopic (exact) mass is 238 g/mol. The van der Waals surface area contributed by atoms with E-state index >= 15 is 0 Å². The quantitative estimate of drug-likeness (QED) is 0.755. The Bertz CT molecular complexity index is 376. The minimum absolute atomic E-state index is 0.221. The van der Waals surface area contributed by atoms with Crippen molar-refractivity contribution in [2.75, 3.05) is 0 Å². The summed E-state index contributed by atoms with van der Waals surface area (Å²) in [4.78, 5) is 11.7. The maximum atomic E-state index is 12.7. The fourth-order valence-corrected chi connectivity index (χ4v) is 1.46. The number of carbonyl (C=O) groups excluding carboxylic acids is 1. The lowest BCUT2D eigenvalue weighted by Gasteiger charge is -2.22. The van der Waals surface area contributed by atoms with Crippen LogP contribution in [0, 0.1) is 11.7 Å². The molecule has 0 N–H and O–H groups in total. The van der Waals surface area contributed by atoms with Gasteiger partial charge in [0.05, 0.1) is 5.92 Å². The van der Waals surface area contributed by atoms with E-state index in [0.29, 0.717) is 6.42 Å². The molecule has 0 heterocycles. The third-order valence-corrected chi connectivity index (χ3v) is 2.26. The smallest absolute Gasteiger partial charge is 0.309 e. The van der Waals surface area contributed by atoms with Gasteiger partial charge in [0.2, 0.25) is 0 Å². The highest BCUT2D eigenvalue weighted by molar-refractivity contribution is 5.72. The molecule has 0 fully saturated rings. The summed E-state index contributed by atoms with van der Waals surface area (Å²) in [7, 11) is 0. The summed E-state index contributed by atoms with van der Waals surface area (Å²) in [5, 5.41) is 0. The van der Waals surface area contributed by atoms with Gasteiger partial charge in [-0.25, -0.2) is 4.39 Å². The minimum atomic E-state index is -0.464. The number of esters is 1. The van der Waals surface area contributed by atoms with E-state index in [0.717, 1.165) is 5.56 Å². The van der Waals surface area contributed by atoms with Crippen LogP contribution in [0.3, 0.4) is 0 Å². The minimum Gasteiger partial charge on any atom is -0.460 e. The molecule has 0 aliphatic rings. The maximum Gasteiger partial charge on any atom is 0.309 e. The summed E-state index contributed by atoms with van der Waals surface area (Å²) < 4.78 is 18.0. The van der Waals surface area contributed by atoms with Crippen molar-refractivity contribution in [2.24, 2.45) is 5.92 Å². The number of hydrogen-bond acceptors (Lipinski definition) is 2. The van der Waals surface area contributed by atoms with Crippen LogP contribution in [-0.4, -0.2) is 11.6 Å². The Kier molecular flexibility index (Phi) is 4.27. The second-order valence-electron chi connectivity index (χ2n) is 5.27. The molecule has 0 bridgehead atoms. The first-order chi connectivity index (χ1) is 7.78. The fourth-order valence-electron chi connectivity index (χ4n) is 1.46. The molecule has 94 valence electrons. The Morgan fingerprint density at radius 3 is 2.29 bits per heavy atom. The Hall–Kier alpha value is -1.38. The Balaban J connectivity index is 2.57. The zero-order valence-electron chi connectivity index (χ0n) is 10.8. The second-order valence-corrected chi connectivity index (χ2v) is 5.27. The highest BCUT2D eigenvalue weighted by atomic mass is 19.1. The molecule has 0 aliphatic carbocycles. The Labute approximate surface area is 102 Å². The van der Waals surface area contributed by atoms with Gasteiger partial charge in [0, 0.05) is 0 Å². The molecule has 0 unspecified atom stereocenters. The highest BCUT2D eigenvalue weighted by Gasteiger charge is 2.21. The first-order valence-electron chi connectivity index (χ1n) is 5.75. The SMILES string of the molecule is C[C@H](Cc1ccc(F)cc1)C(=O)OC(C)(C)C. The zero-order chi connectivity index (χ0) is 13.1. The fraction of sp³-hybridized carbons (Fsp3) is 0.500. The van der Waals surface area contributed by atoms with Crippen molar-refractivity contribution in [3.63, 3.8) is 0 Å². The van der Waals surface area contributed by atoms with E-state index < -0.39 is 5.60 Å². The summed E-state index contributed by atoms with van der Waals surface area (Å²) in [6, 6.07) is 6.18. The van der Waals surface area contributed by atoms with Gasteiger partial charge in [-0.3, -0.25) is 4.79 Å². The van der Waals surface area contributed by atoms with Crippen LogP contribution in [0.15, 0.2) is 24.3 Å². The van der Waals surface area contributed by atoms with Crippen molar-refractivity contribution >= 4 is 5.97 Å². The van der Waals surface area contributed by atoms with Crippen molar-refractivity contribution in [2.45, 2.75) is 39.7 Å². The molecule has 0 radical (unpaired) electrons. The van der Waals surface area contributed by atoms with Gasteiger partial charge < -0.3 is 4.74 Å². The van der Waals surface area contributed by atoms with E-state index in [-0.39, 0.29) is 17.7 Å². The van der Waals surface area contributed by atoms with Crippen LogP contribution in [0.4, 0.5) is 4.39 Å². The summed E-state index contributed by atoms with van der Waals surface area (Å²) in [6.07, 6.45) is 0.565. The van der Waals surface area contributed by atoms with Crippen LogP contribution in [0.2, 0.25) is 0 Å². The van der Waals surface area contributed by atoms with Gasteiger partial charge in [-0.1, -0.05) is 19.1 Å². The number of hydrogen-bond donors (Lipinski definition) is 0. The van der Waals surface area contributed by atoms with Crippen LogP contribution >= 0.6 is 0 Å². The molecule has 1 aromatic carbocycles. The molecular formula is C14H19FO2. The molecule has 0 saturated heterocycles. The first kappa shape index (κ1) is 13.7. The van der Waals surface area contributed by atoms with E-state index in [1.807, 2.05) is 27.7 Å². The first-order valence-corrected chi connectivity index (χ1v) is 5.75. The molecule has 1 aromatic rings. The summed E-state index contributed by atoms with van der Waals surface area (Å²) >= 11 is 0. The molecule has 1 rings (SSSR count). The summed E-state index contributed by atoms with van der Waals surface area (Å²) in [6.45, 7) is 7.35. The lowest BCUT2D eigenvalue weighted by atomic mass is 10.0. The molecule has 0 spiro atoms. The van der Waals surface area contributed by atoms with Gasteiger partial charge in [0.25, 0.3) is 0 Å². The molecule has 2 nitrogen and oxygen atoms in total. The third-order valence-electron chi connectivity index (χ3n) is 2.26. The van der Waals surface area contributed by atoms with Crippen molar-refractivity contribution in [1.82, 2.24) is 0 Å². The standard InChI is InChI=1S/C14H19FO2/c1-10(13(16)17-14(2,3)4)9-11-5-7-12(15)8-6-11/h5-8,10H,9H2,1-4H3/t10-/m1/s1. The topological polar surface area (TPSA) is 26.3 Å². The Morgan fingerprint density at radius 2 is 1.82 bits per heavy atom. The predicted molar refractivity (Wildman–Crippen MR) is 65.1 cm³/mol. The molecule has 0 amide bonds. The number of halogens is 1.